The van der Waals surface area contributed by atoms with Crippen molar-refractivity contribution in [3.63, 3.8) is 0 Å². The molecule has 0 aromatic heterocycles. The van der Waals surface area contributed by atoms with Gasteiger partial charge in [0.05, 0.1) is 34.2 Å². The molecule has 0 amide bonds. The van der Waals surface area contributed by atoms with Gasteiger partial charge >= 0.3 is 76.2 Å². The molecule has 45 heavy (non-hydrogen) atoms. The van der Waals surface area contributed by atoms with Crippen molar-refractivity contribution < 1.29 is 134 Å². The van der Waals surface area contributed by atoms with Crippen LogP contribution in [0.25, 0.3) is 5.43 Å². The van der Waals surface area contributed by atoms with Gasteiger partial charge in [-0.15, -0.1) is 15.9 Å². The Hall–Kier alpha value is -0.991. The molecule has 3 rings (SSSR count). The van der Waals surface area contributed by atoms with Crippen LogP contribution >= 0.6 is 12.0 Å². The quantitative estimate of drug-likeness (QED) is 0.0195. The molecule has 236 valence electrons. The second-order valence-corrected chi connectivity index (χ2v) is 12.9. The van der Waals surface area contributed by atoms with Gasteiger partial charge < -0.3 is 25.4 Å². The Labute approximate surface area is 316 Å². The monoisotopic (exact) mass is 770 g/mol. The minimum Gasteiger partial charge on any atom is -0.726 e. The first-order valence-electron chi connectivity index (χ1n) is 10.9. The third-order valence-corrected chi connectivity index (χ3v) is 8.37. The fourth-order valence-electron chi connectivity index (χ4n) is 2.96. The zero-order valence-corrected chi connectivity index (χ0v) is 31.1. The zero-order valence-electron chi connectivity index (χ0n) is 22.9. The molecule has 0 spiro atoms. The van der Waals surface area contributed by atoms with Gasteiger partial charge in [-0.1, -0.05) is 36.4 Å². The van der Waals surface area contributed by atoms with Crippen LogP contribution in [0.15, 0.2) is 96.7 Å². The molecule has 3 aromatic carbocycles. The van der Waals surface area contributed by atoms with Crippen molar-refractivity contribution in [3.05, 3.63) is 77.7 Å². The topological polar surface area (TPSA) is 268 Å². The molecular weight excluding hydrogens is 754 g/mol. The van der Waals surface area contributed by atoms with Gasteiger partial charge in [0, 0.05) is 16.5 Å². The van der Waals surface area contributed by atoms with E-state index >= 15 is 0 Å². The van der Waals surface area contributed by atoms with E-state index in [4.69, 9.17) is 0 Å². The summed E-state index contributed by atoms with van der Waals surface area (Å²) in [7, 11) is -14.1. The number of azo groups is 1. The third kappa shape index (κ3) is 14.3. The van der Waals surface area contributed by atoms with E-state index < -0.39 is 58.3 Å². The van der Waals surface area contributed by atoms with Crippen LogP contribution in [0.2, 0.25) is 0 Å². The van der Waals surface area contributed by atoms with E-state index in [1.54, 1.807) is 30.3 Å². The Balaban J connectivity index is 0.00000645. The van der Waals surface area contributed by atoms with Crippen molar-refractivity contribution in [2.45, 2.75) is 14.7 Å². The predicted octanol–water partition coefficient (Wildman–Crippen LogP) is -3.72. The van der Waals surface area contributed by atoms with Crippen molar-refractivity contribution >= 4 is 59.6 Å². The van der Waals surface area contributed by atoms with Gasteiger partial charge in [-0.2, -0.15) is 12.8 Å². The van der Waals surface area contributed by atoms with E-state index in [0.29, 0.717) is 17.6 Å². The van der Waals surface area contributed by atoms with Crippen LogP contribution < -0.4 is 64.4 Å². The Bertz CT molecular complexity index is 1820. The normalized spacial score (nSPS) is 12.1. The molecule has 0 fully saturated rings. The van der Waals surface area contributed by atoms with Gasteiger partial charge in [0.25, 0.3) is 10.1 Å². The number of rotatable bonds is 13. The summed E-state index contributed by atoms with van der Waals surface area (Å²) in [6.07, 6.45) is 0. The smallest absolute Gasteiger partial charge is 0.726 e. The first kappa shape index (κ1) is 44.0. The van der Waals surface area contributed by atoms with Crippen LogP contribution in [0.4, 0.5) is 11.4 Å². The molecule has 24 heteroatoms. The Morgan fingerprint density at radius 2 is 1.62 bits per heavy atom. The van der Waals surface area contributed by atoms with E-state index in [-0.39, 0.29) is 98.3 Å². The number of phenolic OH excluding ortho intramolecular Hbond substituents is 1. The molecule has 0 saturated carbocycles. The summed E-state index contributed by atoms with van der Waals surface area (Å²) in [6.45, 7) is -0.931. The predicted molar refractivity (Wildman–Crippen MR) is 141 cm³/mol. The van der Waals surface area contributed by atoms with E-state index in [9.17, 15) is 44.7 Å². The molecule has 0 bridgehead atoms. The van der Waals surface area contributed by atoms with Gasteiger partial charge in [0.1, 0.15) is 11.4 Å². The summed E-state index contributed by atoms with van der Waals surface area (Å²) in [5.41, 5.74) is 3.60. The van der Waals surface area contributed by atoms with Crippen LogP contribution in [0.3, 0.4) is 0 Å². The second-order valence-electron chi connectivity index (χ2n) is 7.61. The van der Waals surface area contributed by atoms with Crippen molar-refractivity contribution in [1.82, 2.24) is 0 Å². The van der Waals surface area contributed by atoms with Crippen molar-refractivity contribution in [1.29, 1.82) is 0 Å². The molecule has 2 N–H and O–H groups in total. The first-order valence-corrected chi connectivity index (χ1v) is 16.0. The van der Waals surface area contributed by atoms with Crippen LogP contribution in [-0.4, -0.2) is 57.7 Å². The maximum absolute atomic E-state index is 12.4. The zero-order chi connectivity index (χ0) is 31.0. The van der Waals surface area contributed by atoms with Gasteiger partial charge in [0.2, 0.25) is 10.4 Å². The molecule has 0 unspecified atom stereocenters. The van der Waals surface area contributed by atoms with Crippen LogP contribution in [0, 0.1) is 0 Å². The Morgan fingerprint density at radius 1 is 0.956 bits per heavy atom. The van der Waals surface area contributed by atoms with E-state index in [1.165, 1.54) is 6.07 Å². The molecule has 0 radical (unpaired) electrons. The van der Waals surface area contributed by atoms with Gasteiger partial charge in [-0.05, 0) is 24.3 Å². The number of amidine groups is 1. The molecule has 0 aliphatic carbocycles. The number of benzene rings is 3. The number of hydrogen-bond acceptors (Lipinski definition) is 15. The molecule has 0 atom stereocenters. The molecule has 0 heterocycles. The summed E-state index contributed by atoms with van der Waals surface area (Å²) < 4.78 is 97.7. The maximum atomic E-state index is 12.4. The molecule has 0 aliphatic rings. The summed E-state index contributed by atoms with van der Waals surface area (Å²) >= 11 is 0.369. The maximum Gasteiger partial charge on any atom is 1.00 e. The van der Waals surface area contributed by atoms with Crippen molar-refractivity contribution in [2.24, 2.45) is 15.3 Å². The minimum atomic E-state index is -5.09. The van der Waals surface area contributed by atoms with Crippen LogP contribution in [0.5, 0.6) is 5.75 Å². The minimum absolute atomic E-state index is 0. The summed E-state index contributed by atoms with van der Waals surface area (Å²) in [4.78, 5) is -1.06. The van der Waals surface area contributed by atoms with Gasteiger partial charge in [-0.3, -0.25) is 13.8 Å². The standard InChI is InChI=1S/C21H19N4O13S4.Cu.2Na/c26-19-13-16(40(28,29)11-10-36-42(33,34)35)7-9-17(19)22-24-21(14-4-2-1-3-5-14)25-23-18-8-6-15(39-38-37-27)12-20(18)41(30,31)32;;;/h1-9,12-13H,10-11H2,(H4-,22,23,24,25,26,27,30,31,32,33,34,35);;;/q-1;3*+1/p-2. The Morgan fingerprint density at radius 3 is 2.20 bits per heavy atom. The van der Waals surface area contributed by atoms with Crippen molar-refractivity contribution in [3.8, 4) is 5.75 Å². The molecular formula is C21H17CuN4Na2O13S4. The summed E-state index contributed by atoms with van der Waals surface area (Å²) in [5, 5.41) is 35.2. The largest absolute Gasteiger partial charge is 1.00 e. The number of sulfone groups is 1. The van der Waals surface area contributed by atoms with Crippen molar-refractivity contribution in [2.75, 3.05) is 12.4 Å². The van der Waals surface area contributed by atoms with Crippen LogP contribution in [-0.2, 0) is 61.0 Å². The third-order valence-electron chi connectivity index (χ3n) is 4.79. The molecule has 3 aromatic rings. The first-order chi connectivity index (χ1) is 19.7. The number of aromatic hydroxyl groups is 1. The summed E-state index contributed by atoms with van der Waals surface area (Å²) in [6, 6.07) is 14.3. The van der Waals surface area contributed by atoms with Crippen LogP contribution in [0.1, 0.15) is 5.56 Å². The van der Waals surface area contributed by atoms with E-state index in [2.05, 4.69) is 34.3 Å². The fraction of sp³-hybridized carbons (Fsp3) is 0.0952. The van der Waals surface area contributed by atoms with Gasteiger partial charge in [-0.25, -0.2) is 16.8 Å². The van der Waals surface area contributed by atoms with E-state index in [0.717, 1.165) is 30.3 Å². The molecule has 0 saturated heterocycles. The molecule has 17 nitrogen and oxygen atoms in total. The Kier molecular flexibility index (Phi) is 19.3. The number of nitrogens with zero attached hydrogens (tertiary/aromatic N) is 4. The average Bonchev–Trinajstić information content (AvgIpc) is 2.92. The number of phenols is 1. The van der Waals surface area contributed by atoms with Gasteiger partial charge in [0.15, 0.2) is 15.7 Å². The summed E-state index contributed by atoms with van der Waals surface area (Å²) in [5.74, 6) is -1.72. The number of hydrogen-bond donors (Lipinski definition) is 2. The average molecular weight is 771 g/mol. The second kappa shape index (κ2) is 19.7. The molecule has 0 aliphatic heterocycles. The SMILES string of the molecule is O=S(=O)([O-])OCCS(=O)(=O)c1ccc(N=N/C(=N\[N-]c2ccc(SOO[O-])cc2S(=O)(=O)O)c2ccccc2)c(O)c1.[Cu+].[Na+].[Na+]. The fourth-order valence-corrected chi connectivity index (χ4v) is 5.58. The van der Waals surface area contributed by atoms with E-state index in [1.807, 2.05) is 0 Å².